The standard InChI is InChI=1S/C16H18N4O2/c21-16(20-6-1-2-7-20)15-13-11-19(8-5-14(13)17-18-15)10-12-4-3-9-22-12/h1-4,9H,5-8,10-11H2,(H,17,18). The summed E-state index contributed by atoms with van der Waals surface area (Å²) in [7, 11) is 0. The third kappa shape index (κ3) is 2.35. The molecule has 0 aromatic carbocycles. The van der Waals surface area contributed by atoms with Crippen LogP contribution in [0.3, 0.4) is 0 Å². The number of aromatic amines is 1. The van der Waals surface area contributed by atoms with Crippen molar-refractivity contribution in [3.63, 3.8) is 0 Å². The van der Waals surface area contributed by atoms with E-state index in [0.29, 0.717) is 18.8 Å². The summed E-state index contributed by atoms with van der Waals surface area (Å²) in [6.07, 6.45) is 6.60. The number of rotatable bonds is 3. The number of nitrogens with one attached hydrogen (secondary N) is 1. The first-order valence-corrected chi connectivity index (χ1v) is 7.56. The van der Waals surface area contributed by atoms with E-state index in [1.807, 2.05) is 29.2 Å². The van der Waals surface area contributed by atoms with E-state index in [0.717, 1.165) is 43.1 Å². The van der Waals surface area contributed by atoms with Gasteiger partial charge in [0.2, 0.25) is 0 Å². The zero-order valence-electron chi connectivity index (χ0n) is 12.3. The van der Waals surface area contributed by atoms with Crippen molar-refractivity contribution < 1.29 is 9.21 Å². The molecule has 4 heterocycles. The molecule has 0 unspecified atom stereocenters. The van der Waals surface area contributed by atoms with E-state index in [-0.39, 0.29) is 5.91 Å². The lowest BCUT2D eigenvalue weighted by atomic mass is 10.0. The van der Waals surface area contributed by atoms with Crippen LogP contribution in [0, 0.1) is 0 Å². The summed E-state index contributed by atoms with van der Waals surface area (Å²) in [6.45, 7) is 3.79. The van der Waals surface area contributed by atoms with Gasteiger partial charge in [-0.1, -0.05) is 12.2 Å². The van der Waals surface area contributed by atoms with Crippen LogP contribution in [-0.2, 0) is 19.5 Å². The second kappa shape index (κ2) is 5.46. The van der Waals surface area contributed by atoms with Crippen molar-refractivity contribution in [3.05, 3.63) is 53.3 Å². The third-order valence-corrected chi connectivity index (χ3v) is 4.28. The monoisotopic (exact) mass is 298 g/mol. The molecule has 1 N–H and O–H groups in total. The summed E-state index contributed by atoms with van der Waals surface area (Å²) in [5.41, 5.74) is 2.70. The number of carbonyl (C=O) groups is 1. The van der Waals surface area contributed by atoms with Gasteiger partial charge < -0.3 is 9.32 Å². The molecule has 0 saturated heterocycles. The minimum atomic E-state index is 0.0161. The van der Waals surface area contributed by atoms with E-state index in [1.54, 1.807) is 6.26 Å². The van der Waals surface area contributed by atoms with Crippen molar-refractivity contribution >= 4 is 5.91 Å². The van der Waals surface area contributed by atoms with E-state index in [9.17, 15) is 4.79 Å². The van der Waals surface area contributed by atoms with Gasteiger partial charge in [0, 0.05) is 43.9 Å². The summed E-state index contributed by atoms with van der Waals surface area (Å²) in [5, 5.41) is 7.32. The first-order valence-electron chi connectivity index (χ1n) is 7.56. The van der Waals surface area contributed by atoms with Crippen molar-refractivity contribution in [2.24, 2.45) is 0 Å². The summed E-state index contributed by atoms with van der Waals surface area (Å²) in [4.78, 5) is 16.7. The average molecular weight is 298 g/mol. The highest BCUT2D eigenvalue weighted by Crippen LogP contribution is 2.23. The van der Waals surface area contributed by atoms with Crippen LogP contribution in [-0.4, -0.2) is 45.5 Å². The van der Waals surface area contributed by atoms with Gasteiger partial charge in [-0.3, -0.25) is 14.8 Å². The van der Waals surface area contributed by atoms with Gasteiger partial charge in [-0.05, 0) is 12.1 Å². The number of amides is 1. The fourth-order valence-corrected chi connectivity index (χ4v) is 3.08. The van der Waals surface area contributed by atoms with Crippen molar-refractivity contribution in [2.45, 2.75) is 19.5 Å². The quantitative estimate of drug-likeness (QED) is 0.874. The zero-order chi connectivity index (χ0) is 14.9. The van der Waals surface area contributed by atoms with Crippen LogP contribution in [0.2, 0.25) is 0 Å². The van der Waals surface area contributed by atoms with Gasteiger partial charge in [-0.25, -0.2) is 0 Å². The minimum absolute atomic E-state index is 0.0161. The lowest BCUT2D eigenvalue weighted by Crippen LogP contribution is -2.33. The van der Waals surface area contributed by atoms with E-state index in [1.165, 1.54) is 0 Å². The Bertz CT molecular complexity index is 694. The molecular formula is C16H18N4O2. The van der Waals surface area contributed by atoms with Crippen molar-refractivity contribution in [2.75, 3.05) is 19.6 Å². The van der Waals surface area contributed by atoms with Crippen LogP contribution in [0.5, 0.6) is 0 Å². The molecule has 2 aliphatic heterocycles. The van der Waals surface area contributed by atoms with E-state index >= 15 is 0 Å². The first kappa shape index (κ1) is 13.3. The lowest BCUT2D eigenvalue weighted by Gasteiger charge is -2.26. The predicted octanol–water partition coefficient (Wildman–Crippen LogP) is 1.57. The van der Waals surface area contributed by atoms with E-state index in [4.69, 9.17) is 4.42 Å². The minimum Gasteiger partial charge on any atom is -0.468 e. The SMILES string of the molecule is O=C(c1n[nH]c2c1CN(Cc1ccco1)CC2)N1CC=CC1. The maximum Gasteiger partial charge on any atom is 0.275 e. The Morgan fingerprint density at radius 2 is 2.23 bits per heavy atom. The Kier molecular flexibility index (Phi) is 3.31. The fourth-order valence-electron chi connectivity index (χ4n) is 3.08. The van der Waals surface area contributed by atoms with E-state index in [2.05, 4.69) is 15.1 Å². The molecule has 1 amide bonds. The fraction of sp³-hybridized carbons (Fsp3) is 0.375. The van der Waals surface area contributed by atoms with Crippen LogP contribution >= 0.6 is 0 Å². The van der Waals surface area contributed by atoms with Gasteiger partial charge in [0.25, 0.3) is 5.91 Å². The zero-order valence-corrected chi connectivity index (χ0v) is 12.3. The molecule has 22 heavy (non-hydrogen) atoms. The number of fused-ring (bicyclic) bond motifs is 1. The Hall–Kier alpha value is -2.34. The Morgan fingerprint density at radius 3 is 3.00 bits per heavy atom. The predicted molar refractivity (Wildman–Crippen MR) is 80.2 cm³/mol. The molecule has 0 radical (unpaired) electrons. The van der Waals surface area contributed by atoms with Gasteiger partial charge in [-0.15, -0.1) is 0 Å². The Morgan fingerprint density at radius 1 is 1.36 bits per heavy atom. The highest BCUT2D eigenvalue weighted by atomic mass is 16.3. The third-order valence-electron chi connectivity index (χ3n) is 4.28. The maximum atomic E-state index is 12.6. The number of carbonyl (C=O) groups excluding carboxylic acids is 1. The molecule has 0 bridgehead atoms. The summed E-state index contributed by atoms with van der Waals surface area (Å²) < 4.78 is 5.42. The van der Waals surface area contributed by atoms with Gasteiger partial charge in [0.05, 0.1) is 12.8 Å². The highest BCUT2D eigenvalue weighted by Gasteiger charge is 2.28. The van der Waals surface area contributed by atoms with Gasteiger partial charge in [0.1, 0.15) is 5.76 Å². The number of hydrogen-bond acceptors (Lipinski definition) is 4. The molecule has 2 aliphatic rings. The Labute approximate surface area is 128 Å². The van der Waals surface area contributed by atoms with Gasteiger partial charge in [0.15, 0.2) is 5.69 Å². The van der Waals surface area contributed by atoms with Gasteiger partial charge >= 0.3 is 0 Å². The van der Waals surface area contributed by atoms with E-state index < -0.39 is 0 Å². The Balaban J connectivity index is 1.53. The molecule has 4 rings (SSSR count). The summed E-state index contributed by atoms with van der Waals surface area (Å²) in [5.74, 6) is 0.964. The first-order chi connectivity index (χ1) is 10.8. The largest absolute Gasteiger partial charge is 0.468 e. The molecular weight excluding hydrogens is 280 g/mol. The number of aromatic nitrogens is 2. The molecule has 0 saturated carbocycles. The second-order valence-electron chi connectivity index (χ2n) is 5.75. The lowest BCUT2D eigenvalue weighted by molar-refractivity contribution is 0.0791. The van der Waals surface area contributed by atoms with Gasteiger partial charge in [-0.2, -0.15) is 5.10 Å². The summed E-state index contributed by atoms with van der Waals surface area (Å²) >= 11 is 0. The van der Waals surface area contributed by atoms with Crippen molar-refractivity contribution in [1.82, 2.24) is 20.0 Å². The van der Waals surface area contributed by atoms with Crippen LogP contribution in [0.4, 0.5) is 0 Å². The number of nitrogens with zero attached hydrogens (tertiary/aromatic N) is 3. The van der Waals surface area contributed by atoms with Crippen LogP contribution in [0.15, 0.2) is 35.0 Å². The van der Waals surface area contributed by atoms with Crippen molar-refractivity contribution in [1.29, 1.82) is 0 Å². The molecule has 6 nitrogen and oxygen atoms in total. The van der Waals surface area contributed by atoms with Crippen LogP contribution in [0.1, 0.15) is 27.5 Å². The summed E-state index contributed by atoms with van der Waals surface area (Å²) in [6, 6.07) is 3.88. The number of hydrogen-bond donors (Lipinski definition) is 1. The van der Waals surface area contributed by atoms with Crippen LogP contribution in [0.25, 0.3) is 0 Å². The van der Waals surface area contributed by atoms with Crippen LogP contribution < -0.4 is 0 Å². The molecule has 0 aliphatic carbocycles. The molecule has 0 fully saturated rings. The average Bonchev–Trinajstić information content (AvgIpc) is 3.28. The molecule has 0 atom stereocenters. The molecule has 2 aromatic rings. The van der Waals surface area contributed by atoms with Crippen molar-refractivity contribution in [3.8, 4) is 0 Å². The molecule has 0 spiro atoms. The smallest absolute Gasteiger partial charge is 0.275 e. The topological polar surface area (TPSA) is 65.4 Å². The molecule has 2 aromatic heterocycles. The number of H-pyrrole nitrogens is 1. The molecule has 6 heteroatoms. The maximum absolute atomic E-state index is 12.6. The second-order valence-corrected chi connectivity index (χ2v) is 5.75. The highest BCUT2D eigenvalue weighted by molar-refractivity contribution is 5.94. The normalized spacial score (nSPS) is 17.9. The molecule has 114 valence electrons. The number of furan rings is 1.